The number of fused-ring (bicyclic) bond motifs is 2. The molecule has 5 rings (SSSR count). The number of hydrogen-bond donors (Lipinski definition) is 1. The Labute approximate surface area is 212 Å². The third kappa shape index (κ3) is 6.01. The molecule has 0 radical (unpaired) electrons. The van der Waals surface area contributed by atoms with Crippen molar-refractivity contribution >= 4 is 28.1 Å². The zero-order valence-corrected chi connectivity index (χ0v) is 21.3. The van der Waals surface area contributed by atoms with Crippen LogP contribution < -0.4 is 10.1 Å². The van der Waals surface area contributed by atoms with E-state index < -0.39 is 12.5 Å². The molecule has 36 heavy (non-hydrogen) atoms. The number of thiazole rings is 1. The van der Waals surface area contributed by atoms with Gasteiger partial charge in [-0.25, -0.2) is 13.8 Å². The molecule has 2 atom stereocenters. The lowest BCUT2D eigenvalue weighted by atomic mass is 10.0. The molecule has 2 aliphatic rings. The molecule has 1 N–H and O–H groups in total. The summed E-state index contributed by atoms with van der Waals surface area (Å²) in [7, 11) is 1.85. The van der Waals surface area contributed by atoms with Crippen LogP contribution >= 0.6 is 11.3 Å². The summed E-state index contributed by atoms with van der Waals surface area (Å²) in [5, 5.41) is 8.66. The smallest absolute Gasteiger partial charge is 0.278 e. The van der Waals surface area contributed by atoms with Crippen LogP contribution in [-0.2, 0) is 24.8 Å². The van der Waals surface area contributed by atoms with E-state index >= 15 is 0 Å². The molecule has 1 fully saturated rings. The highest BCUT2D eigenvalue weighted by atomic mass is 32.1. The molecule has 1 saturated heterocycles. The highest BCUT2D eigenvalue weighted by molar-refractivity contribution is 7.13. The van der Waals surface area contributed by atoms with Gasteiger partial charge in [0.1, 0.15) is 0 Å². The van der Waals surface area contributed by atoms with Crippen molar-refractivity contribution in [1.29, 1.82) is 0 Å². The Morgan fingerprint density at radius 1 is 1.36 bits per heavy atom. The highest BCUT2D eigenvalue weighted by Crippen LogP contribution is 2.31. The summed E-state index contributed by atoms with van der Waals surface area (Å²) in [6, 6.07) is 5.57. The molecule has 3 aromatic rings. The number of rotatable bonds is 8. The number of nitrogens with zero attached hydrogens (tertiary/aromatic N) is 4. The normalized spacial score (nSPS) is 20.9. The van der Waals surface area contributed by atoms with Crippen molar-refractivity contribution in [3.8, 4) is 5.19 Å². The second kappa shape index (κ2) is 10.4. The van der Waals surface area contributed by atoms with E-state index in [4.69, 9.17) is 9.47 Å². The van der Waals surface area contributed by atoms with Gasteiger partial charge in [-0.1, -0.05) is 17.4 Å². The van der Waals surface area contributed by atoms with Gasteiger partial charge in [-0.2, -0.15) is 5.10 Å². The maximum Gasteiger partial charge on any atom is 0.278 e. The lowest BCUT2D eigenvalue weighted by Gasteiger charge is -2.32. The van der Waals surface area contributed by atoms with Crippen LogP contribution in [0.2, 0.25) is 0 Å². The van der Waals surface area contributed by atoms with Gasteiger partial charge in [0, 0.05) is 50.1 Å². The summed E-state index contributed by atoms with van der Waals surface area (Å²) in [5.74, 6) is -2.97. The number of nitrogens with one attached hydrogen (secondary N) is 1. The number of carbonyl (C=O) groups is 1. The topological polar surface area (TPSA) is 81.5 Å². The summed E-state index contributed by atoms with van der Waals surface area (Å²) in [6.07, 6.45) is 5.54. The standard InChI is InChI=1S/C25H31F2N5O3S/c1-25(26,27)15-35-24-29-21-13-32(11-9-22(21)36-24)10-8-17-7-6-16(14-34-17)28-23(33)18-4-3-5-20-19(18)12-31(2)30-20/h3-5,12,16-17H,6-11,13-15H2,1-2H3,(H,28,33)/t16-,17+/m0/s1. The zero-order valence-electron chi connectivity index (χ0n) is 20.5. The Bertz CT molecular complexity index is 1220. The molecule has 2 aromatic heterocycles. The van der Waals surface area contributed by atoms with Crippen molar-refractivity contribution in [3.63, 3.8) is 0 Å². The fourth-order valence-corrected chi connectivity index (χ4v) is 5.67. The Morgan fingerprint density at radius 2 is 2.22 bits per heavy atom. The molecular weight excluding hydrogens is 488 g/mol. The van der Waals surface area contributed by atoms with Gasteiger partial charge in [0.2, 0.25) is 0 Å². The van der Waals surface area contributed by atoms with E-state index in [0.717, 1.165) is 67.2 Å². The average molecular weight is 520 g/mol. The molecule has 194 valence electrons. The van der Waals surface area contributed by atoms with E-state index in [1.54, 1.807) is 4.68 Å². The molecule has 0 saturated carbocycles. The first-order chi connectivity index (χ1) is 17.2. The highest BCUT2D eigenvalue weighted by Gasteiger charge is 2.27. The molecule has 2 aliphatic heterocycles. The van der Waals surface area contributed by atoms with Crippen molar-refractivity contribution in [2.24, 2.45) is 7.05 Å². The van der Waals surface area contributed by atoms with Crippen LogP contribution in [0.25, 0.3) is 10.9 Å². The van der Waals surface area contributed by atoms with Crippen LogP contribution in [0, 0.1) is 0 Å². The van der Waals surface area contributed by atoms with Crippen molar-refractivity contribution < 1.29 is 23.0 Å². The molecule has 0 unspecified atom stereocenters. The number of benzene rings is 1. The number of hydrogen-bond acceptors (Lipinski definition) is 7. The second-order valence-corrected chi connectivity index (χ2v) is 10.8. The Balaban J connectivity index is 1.06. The van der Waals surface area contributed by atoms with Crippen LogP contribution in [0.4, 0.5) is 8.78 Å². The van der Waals surface area contributed by atoms with Gasteiger partial charge < -0.3 is 14.8 Å². The molecule has 8 nitrogen and oxygen atoms in total. The summed E-state index contributed by atoms with van der Waals surface area (Å²) in [5.41, 5.74) is 2.36. The summed E-state index contributed by atoms with van der Waals surface area (Å²) in [4.78, 5) is 20.8. The van der Waals surface area contributed by atoms with E-state index in [0.29, 0.717) is 23.9 Å². The number of halogens is 2. The zero-order chi connectivity index (χ0) is 25.3. The molecule has 0 bridgehead atoms. The fraction of sp³-hybridized carbons (Fsp3) is 0.560. The van der Waals surface area contributed by atoms with Crippen LogP contribution in [0.15, 0.2) is 24.4 Å². The molecule has 0 aliphatic carbocycles. The second-order valence-electron chi connectivity index (χ2n) is 9.77. The SMILES string of the molecule is Cn1cc2c(C(=O)N[C@H]3CC[C@H](CCN4CCc5sc(OCC(C)(F)F)nc5C4)OC3)cccc2n1. The molecule has 1 amide bonds. The molecule has 0 spiro atoms. The maximum atomic E-state index is 13.1. The molecular formula is C25H31F2N5O3S. The maximum absolute atomic E-state index is 13.1. The van der Waals surface area contributed by atoms with Crippen LogP contribution in [0.1, 0.15) is 47.1 Å². The predicted octanol–water partition coefficient (Wildman–Crippen LogP) is 3.79. The van der Waals surface area contributed by atoms with E-state index in [1.807, 2.05) is 31.4 Å². The van der Waals surface area contributed by atoms with Crippen LogP contribution in [0.5, 0.6) is 5.19 Å². The minimum Gasteiger partial charge on any atom is -0.464 e. The van der Waals surface area contributed by atoms with E-state index in [-0.39, 0.29) is 18.1 Å². The number of ether oxygens (including phenoxy) is 2. The molecule has 11 heteroatoms. The molecule has 1 aromatic carbocycles. The largest absolute Gasteiger partial charge is 0.464 e. The Hall–Kier alpha value is -2.63. The van der Waals surface area contributed by atoms with Gasteiger partial charge in [-0.3, -0.25) is 14.4 Å². The first-order valence-corrected chi connectivity index (χ1v) is 13.1. The number of alkyl halides is 2. The van der Waals surface area contributed by atoms with Crippen molar-refractivity contribution in [2.75, 3.05) is 26.3 Å². The van der Waals surface area contributed by atoms with E-state index in [2.05, 4.69) is 20.3 Å². The first-order valence-electron chi connectivity index (χ1n) is 12.3. The summed E-state index contributed by atoms with van der Waals surface area (Å²) >= 11 is 1.37. The third-order valence-corrected chi connectivity index (χ3v) is 7.69. The lowest BCUT2D eigenvalue weighted by molar-refractivity contribution is -0.0230. The first kappa shape index (κ1) is 25.0. The van der Waals surface area contributed by atoms with Gasteiger partial charge in [0.05, 0.1) is 35.5 Å². The monoisotopic (exact) mass is 519 g/mol. The third-order valence-electron chi connectivity index (χ3n) is 6.62. The van der Waals surface area contributed by atoms with Gasteiger partial charge in [0.15, 0.2) is 6.61 Å². The number of carbonyl (C=O) groups excluding carboxylic acids is 1. The Morgan fingerprint density at radius 3 is 3.00 bits per heavy atom. The van der Waals surface area contributed by atoms with Crippen LogP contribution in [-0.4, -0.2) is 69.9 Å². The van der Waals surface area contributed by atoms with Gasteiger partial charge in [-0.05, 0) is 37.8 Å². The Kier molecular flexibility index (Phi) is 7.23. The minimum absolute atomic E-state index is 0.0119. The predicted molar refractivity (Wildman–Crippen MR) is 133 cm³/mol. The lowest BCUT2D eigenvalue weighted by Crippen LogP contribution is -2.43. The quantitative estimate of drug-likeness (QED) is 0.488. The van der Waals surface area contributed by atoms with Crippen LogP contribution in [0.3, 0.4) is 0 Å². The average Bonchev–Trinajstić information content (AvgIpc) is 3.43. The molecule has 4 heterocycles. The summed E-state index contributed by atoms with van der Waals surface area (Å²) in [6.45, 7) is 3.17. The minimum atomic E-state index is -2.87. The number of aryl methyl sites for hydroxylation is 1. The van der Waals surface area contributed by atoms with Gasteiger partial charge >= 0.3 is 0 Å². The fourth-order valence-electron chi connectivity index (χ4n) is 4.77. The van der Waals surface area contributed by atoms with Gasteiger partial charge in [0.25, 0.3) is 17.0 Å². The number of amides is 1. The summed E-state index contributed by atoms with van der Waals surface area (Å²) < 4.78 is 39.1. The van der Waals surface area contributed by atoms with Crippen molar-refractivity contribution in [2.45, 2.75) is 57.2 Å². The van der Waals surface area contributed by atoms with Gasteiger partial charge in [-0.15, -0.1) is 0 Å². The number of aromatic nitrogens is 3. The van der Waals surface area contributed by atoms with E-state index in [9.17, 15) is 13.6 Å². The van der Waals surface area contributed by atoms with Crippen molar-refractivity contribution in [1.82, 2.24) is 25.0 Å². The van der Waals surface area contributed by atoms with E-state index in [1.165, 1.54) is 11.3 Å². The van der Waals surface area contributed by atoms with Crippen molar-refractivity contribution in [3.05, 3.63) is 40.5 Å².